The number of hydrogen-bond acceptors (Lipinski definition) is 3. The lowest BCUT2D eigenvalue weighted by Crippen LogP contribution is -2.44. The molecule has 116 valence electrons. The summed E-state index contributed by atoms with van der Waals surface area (Å²) in [6.45, 7) is 7.43. The predicted octanol–water partition coefficient (Wildman–Crippen LogP) is 2.31. The van der Waals surface area contributed by atoms with Crippen LogP contribution in [0.5, 0.6) is 5.75 Å². The largest absolute Gasteiger partial charge is 0.483 e. The van der Waals surface area contributed by atoms with E-state index < -0.39 is 12.0 Å². The SMILES string of the molecule is CCC(C(=O)O)N(C)C(=O)COc1c(C)cc(C)cc1C. The second-order valence-electron chi connectivity index (χ2n) is 5.28. The van der Waals surface area contributed by atoms with E-state index in [0.29, 0.717) is 12.2 Å². The van der Waals surface area contributed by atoms with Gasteiger partial charge < -0.3 is 14.7 Å². The maximum atomic E-state index is 12.0. The van der Waals surface area contributed by atoms with E-state index in [0.717, 1.165) is 16.7 Å². The van der Waals surface area contributed by atoms with Crippen molar-refractivity contribution < 1.29 is 19.4 Å². The van der Waals surface area contributed by atoms with Crippen molar-refractivity contribution in [2.45, 2.75) is 40.2 Å². The Hall–Kier alpha value is -2.04. The summed E-state index contributed by atoms with van der Waals surface area (Å²) < 4.78 is 5.60. The number of amides is 1. The van der Waals surface area contributed by atoms with E-state index in [1.165, 1.54) is 11.9 Å². The molecule has 1 N–H and O–H groups in total. The number of likely N-dealkylation sites (N-methyl/N-ethyl adjacent to an activating group) is 1. The fraction of sp³-hybridized carbons (Fsp3) is 0.500. The zero-order valence-corrected chi connectivity index (χ0v) is 13.3. The minimum absolute atomic E-state index is 0.162. The van der Waals surface area contributed by atoms with Gasteiger partial charge in [0.05, 0.1) is 0 Å². The third-order valence-corrected chi connectivity index (χ3v) is 3.48. The Bertz CT molecular complexity index is 516. The van der Waals surface area contributed by atoms with Gasteiger partial charge in [-0.25, -0.2) is 4.79 Å². The van der Waals surface area contributed by atoms with Crippen molar-refractivity contribution in [1.29, 1.82) is 0 Å². The molecule has 0 fully saturated rings. The quantitative estimate of drug-likeness (QED) is 0.874. The van der Waals surface area contributed by atoms with Gasteiger partial charge in [-0.05, 0) is 38.3 Å². The van der Waals surface area contributed by atoms with Gasteiger partial charge in [-0.15, -0.1) is 0 Å². The van der Waals surface area contributed by atoms with Crippen LogP contribution in [0.15, 0.2) is 12.1 Å². The van der Waals surface area contributed by atoms with E-state index in [9.17, 15) is 9.59 Å². The summed E-state index contributed by atoms with van der Waals surface area (Å²) in [4.78, 5) is 24.3. The lowest BCUT2D eigenvalue weighted by molar-refractivity contribution is -0.149. The first-order valence-electron chi connectivity index (χ1n) is 6.97. The standard InChI is InChI=1S/C16H23NO4/c1-6-13(16(19)20)17(5)14(18)9-21-15-11(3)7-10(2)8-12(15)4/h7-8,13H,6,9H2,1-5H3,(H,19,20). The van der Waals surface area contributed by atoms with E-state index in [1.807, 2.05) is 32.9 Å². The van der Waals surface area contributed by atoms with E-state index in [1.54, 1.807) is 6.92 Å². The fourth-order valence-electron chi connectivity index (χ4n) is 2.42. The first-order chi connectivity index (χ1) is 9.77. The van der Waals surface area contributed by atoms with Crippen molar-refractivity contribution in [3.05, 3.63) is 28.8 Å². The van der Waals surface area contributed by atoms with Gasteiger partial charge in [-0.3, -0.25) is 4.79 Å². The zero-order chi connectivity index (χ0) is 16.2. The smallest absolute Gasteiger partial charge is 0.326 e. The molecule has 1 aromatic carbocycles. The summed E-state index contributed by atoms with van der Waals surface area (Å²) in [5.41, 5.74) is 3.07. The van der Waals surface area contributed by atoms with Crippen molar-refractivity contribution in [3.63, 3.8) is 0 Å². The monoisotopic (exact) mass is 293 g/mol. The second-order valence-corrected chi connectivity index (χ2v) is 5.28. The number of aliphatic carboxylic acids is 1. The summed E-state index contributed by atoms with van der Waals surface area (Å²) >= 11 is 0. The molecule has 1 aromatic rings. The van der Waals surface area contributed by atoms with Crippen molar-refractivity contribution in [3.8, 4) is 5.75 Å². The van der Waals surface area contributed by atoms with Gasteiger partial charge in [0.1, 0.15) is 11.8 Å². The Labute approximate surface area is 125 Å². The molecular weight excluding hydrogens is 270 g/mol. The lowest BCUT2D eigenvalue weighted by Gasteiger charge is -2.24. The molecule has 1 amide bonds. The molecule has 1 atom stereocenters. The third kappa shape index (κ3) is 4.21. The molecule has 0 aliphatic rings. The molecule has 1 rings (SSSR count). The number of carbonyl (C=O) groups is 2. The molecule has 21 heavy (non-hydrogen) atoms. The second kappa shape index (κ2) is 7.11. The van der Waals surface area contributed by atoms with Gasteiger partial charge >= 0.3 is 5.97 Å². The highest BCUT2D eigenvalue weighted by Crippen LogP contribution is 2.24. The van der Waals surface area contributed by atoms with Gasteiger partial charge in [0.2, 0.25) is 0 Å². The van der Waals surface area contributed by atoms with Crippen LogP contribution in [0.3, 0.4) is 0 Å². The Morgan fingerprint density at radius 1 is 1.24 bits per heavy atom. The number of carboxylic acid groups (broad SMARTS) is 1. The molecule has 0 saturated heterocycles. The molecule has 5 heteroatoms. The molecule has 0 bridgehead atoms. The van der Waals surface area contributed by atoms with Crippen LogP contribution in [-0.2, 0) is 9.59 Å². The van der Waals surface area contributed by atoms with Crippen molar-refractivity contribution in [1.82, 2.24) is 4.90 Å². The van der Waals surface area contributed by atoms with Crippen LogP contribution in [-0.4, -0.2) is 41.6 Å². The highest BCUT2D eigenvalue weighted by atomic mass is 16.5. The molecular formula is C16H23NO4. The van der Waals surface area contributed by atoms with Crippen LogP contribution in [0.4, 0.5) is 0 Å². The van der Waals surface area contributed by atoms with E-state index in [2.05, 4.69) is 0 Å². The van der Waals surface area contributed by atoms with Gasteiger partial charge in [0.15, 0.2) is 6.61 Å². The van der Waals surface area contributed by atoms with Crippen LogP contribution < -0.4 is 4.74 Å². The summed E-state index contributed by atoms with van der Waals surface area (Å²) in [5.74, 6) is -0.662. The average Bonchev–Trinajstić information content (AvgIpc) is 2.37. The van der Waals surface area contributed by atoms with Crippen molar-refractivity contribution >= 4 is 11.9 Å². The maximum absolute atomic E-state index is 12.0. The lowest BCUT2D eigenvalue weighted by atomic mass is 10.1. The molecule has 0 aliphatic carbocycles. The number of hydrogen-bond donors (Lipinski definition) is 1. The fourth-order valence-corrected chi connectivity index (χ4v) is 2.42. The van der Waals surface area contributed by atoms with Crippen molar-refractivity contribution in [2.24, 2.45) is 0 Å². The first-order valence-corrected chi connectivity index (χ1v) is 6.97. The van der Waals surface area contributed by atoms with Crippen LogP contribution >= 0.6 is 0 Å². The maximum Gasteiger partial charge on any atom is 0.326 e. The van der Waals surface area contributed by atoms with E-state index in [4.69, 9.17) is 9.84 Å². The molecule has 1 unspecified atom stereocenters. The number of nitrogens with zero attached hydrogens (tertiary/aromatic N) is 1. The summed E-state index contributed by atoms with van der Waals surface area (Å²) in [6.07, 6.45) is 0.361. The number of carboxylic acids is 1. The van der Waals surface area contributed by atoms with Crippen LogP contribution in [0.1, 0.15) is 30.0 Å². The number of aryl methyl sites for hydroxylation is 3. The Morgan fingerprint density at radius 3 is 2.19 bits per heavy atom. The highest BCUT2D eigenvalue weighted by Gasteiger charge is 2.25. The highest BCUT2D eigenvalue weighted by molar-refractivity contribution is 5.84. The molecule has 5 nitrogen and oxygen atoms in total. The topological polar surface area (TPSA) is 66.8 Å². The minimum atomic E-state index is -1.00. The van der Waals surface area contributed by atoms with Crippen LogP contribution in [0.25, 0.3) is 0 Å². The third-order valence-electron chi connectivity index (χ3n) is 3.48. The number of carbonyl (C=O) groups excluding carboxylic acids is 1. The number of ether oxygens (including phenoxy) is 1. The van der Waals surface area contributed by atoms with E-state index in [-0.39, 0.29) is 12.5 Å². The Balaban J connectivity index is 2.75. The summed E-state index contributed by atoms with van der Waals surface area (Å²) in [6, 6.07) is 3.16. The molecule has 0 aromatic heterocycles. The van der Waals surface area contributed by atoms with Crippen LogP contribution in [0.2, 0.25) is 0 Å². The normalized spacial score (nSPS) is 11.9. The molecule has 0 aliphatic heterocycles. The summed E-state index contributed by atoms with van der Waals surface area (Å²) in [7, 11) is 1.49. The van der Waals surface area contributed by atoms with Crippen molar-refractivity contribution in [2.75, 3.05) is 13.7 Å². The Kier molecular flexibility index (Phi) is 5.76. The number of benzene rings is 1. The number of rotatable bonds is 6. The average molecular weight is 293 g/mol. The molecule has 0 spiro atoms. The van der Waals surface area contributed by atoms with Gasteiger partial charge in [-0.2, -0.15) is 0 Å². The zero-order valence-electron chi connectivity index (χ0n) is 13.3. The van der Waals surface area contributed by atoms with Gasteiger partial charge in [0.25, 0.3) is 5.91 Å². The van der Waals surface area contributed by atoms with Gasteiger partial charge in [0, 0.05) is 7.05 Å². The predicted molar refractivity (Wildman–Crippen MR) is 80.6 cm³/mol. The summed E-state index contributed by atoms with van der Waals surface area (Å²) in [5, 5.41) is 9.06. The minimum Gasteiger partial charge on any atom is -0.483 e. The van der Waals surface area contributed by atoms with E-state index >= 15 is 0 Å². The molecule has 0 radical (unpaired) electrons. The molecule has 0 saturated carbocycles. The molecule has 0 heterocycles. The Morgan fingerprint density at radius 2 is 1.76 bits per heavy atom. The first kappa shape index (κ1) is 17.0. The van der Waals surface area contributed by atoms with Crippen LogP contribution in [0, 0.1) is 20.8 Å². The van der Waals surface area contributed by atoms with Gasteiger partial charge in [-0.1, -0.05) is 24.6 Å².